The van der Waals surface area contributed by atoms with Gasteiger partial charge in [0.2, 0.25) is 10.0 Å². The molecule has 1 saturated heterocycles. The highest BCUT2D eigenvalue weighted by molar-refractivity contribution is 7.89. The van der Waals surface area contributed by atoms with Crippen LogP contribution in [0, 0.1) is 5.92 Å². The lowest BCUT2D eigenvalue weighted by atomic mass is 9.96. The van der Waals surface area contributed by atoms with Gasteiger partial charge >= 0.3 is 0 Å². The van der Waals surface area contributed by atoms with Crippen LogP contribution < -0.4 is 0 Å². The SMILES string of the molecule is CCCC1CCCN(S(=O)(=O)c2ccsc2CCl)CC1. The zero-order valence-corrected chi connectivity index (χ0v) is 14.2. The van der Waals surface area contributed by atoms with Crippen molar-refractivity contribution in [3.8, 4) is 0 Å². The minimum atomic E-state index is -3.36. The zero-order valence-electron chi connectivity index (χ0n) is 11.8. The van der Waals surface area contributed by atoms with Gasteiger partial charge in [-0.15, -0.1) is 22.9 Å². The molecular formula is C14H22ClNO2S2. The van der Waals surface area contributed by atoms with Crippen molar-refractivity contribution < 1.29 is 8.42 Å². The summed E-state index contributed by atoms with van der Waals surface area (Å²) in [5.41, 5.74) is 0. The maximum atomic E-state index is 12.7. The fourth-order valence-corrected chi connectivity index (χ4v) is 6.04. The van der Waals surface area contributed by atoms with E-state index in [4.69, 9.17) is 11.6 Å². The fourth-order valence-electron chi connectivity index (χ4n) is 2.87. The van der Waals surface area contributed by atoms with Gasteiger partial charge in [-0.1, -0.05) is 19.8 Å². The van der Waals surface area contributed by atoms with Crippen molar-refractivity contribution in [1.82, 2.24) is 4.31 Å². The summed E-state index contributed by atoms with van der Waals surface area (Å²) in [5, 5.41) is 1.81. The van der Waals surface area contributed by atoms with Gasteiger partial charge in [0.05, 0.1) is 10.8 Å². The highest BCUT2D eigenvalue weighted by Crippen LogP contribution is 2.30. The Labute approximate surface area is 131 Å². The Hall–Kier alpha value is -0.100. The van der Waals surface area contributed by atoms with Gasteiger partial charge in [-0.05, 0) is 36.6 Å². The van der Waals surface area contributed by atoms with Crippen LogP contribution in [0.3, 0.4) is 0 Å². The van der Waals surface area contributed by atoms with E-state index in [1.807, 2.05) is 5.38 Å². The van der Waals surface area contributed by atoms with Gasteiger partial charge in [0.1, 0.15) is 0 Å². The van der Waals surface area contributed by atoms with E-state index in [1.54, 1.807) is 10.4 Å². The average molecular weight is 336 g/mol. The monoisotopic (exact) mass is 335 g/mol. The summed E-state index contributed by atoms with van der Waals surface area (Å²) < 4.78 is 27.1. The van der Waals surface area contributed by atoms with Crippen molar-refractivity contribution in [2.45, 2.75) is 49.8 Å². The number of hydrogen-bond donors (Lipinski definition) is 0. The molecule has 114 valence electrons. The molecule has 1 aliphatic heterocycles. The number of rotatable bonds is 5. The van der Waals surface area contributed by atoms with Crippen LogP contribution in [0.15, 0.2) is 16.3 Å². The van der Waals surface area contributed by atoms with Gasteiger partial charge in [0, 0.05) is 18.0 Å². The van der Waals surface area contributed by atoms with Crippen LogP contribution in [0.5, 0.6) is 0 Å². The number of alkyl halides is 1. The highest BCUT2D eigenvalue weighted by atomic mass is 35.5. The molecule has 0 aliphatic carbocycles. The molecule has 0 radical (unpaired) electrons. The Morgan fingerprint density at radius 3 is 2.90 bits per heavy atom. The van der Waals surface area contributed by atoms with Gasteiger partial charge in [-0.25, -0.2) is 8.42 Å². The Kier molecular flexibility index (Phi) is 5.90. The molecule has 6 heteroatoms. The van der Waals surface area contributed by atoms with Crippen molar-refractivity contribution in [3.63, 3.8) is 0 Å². The van der Waals surface area contributed by atoms with E-state index < -0.39 is 10.0 Å². The van der Waals surface area contributed by atoms with Crippen LogP contribution in [-0.4, -0.2) is 25.8 Å². The largest absolute Gasteiger partial charge is 0.244 e. The third kappa shape index (κ3) is 3.56. The van der Waals surface area contributed by atoms with E-state index in [9.17, 15) is 8.42 Å². The fraction of sp³-hybridized carbons (Fsp3) is 0.714. The summed E-state index contributed by atoms with van der Waals surface area (Å²) in [6.07, 6.45) is 5.47. The van der Waals surface area contributed by atoms with Crippen molar-refractivity contribution in [2.24, 2.45) is 5.92 Å². The Balaban J connectivity index is 2.14. The molecule has 0 saturated carbocycles. The van der Waals surface area contributed by atoms with Gasteiger partial charge in [-0.2, -0.15) is 4.31 Å². The molecule has 0 amide bonds. The number of halogens is 1. The smallest absolute Gasteiger partial charge is 0.207 e. The second-order valence-corrected chi connectivity index (χ2v) is 8.51. The summed E-state index contributed by atoms with van der Waals surface area (Å²) in [4.78, 5) is 1.16. The molecule has 0 N–H and O–H groups in total. The standard InChI is InChI=1S/C14H22ClNO2S2/c1-2-4-12-5-3-8-16(9-6-12)20(17,18)14-7-10-19-13(14)11-15/h7,10,12H,2-6,8-9,11H2,1H3. The Bertz CT molecular complexity index is 527. The number of nitrogens with zero attached hydrogens (tertiary/aromatic N) is 1. The average Bonchev–Trinajstić information content (AvgIpc) is 2.79. The third-order valence-corrected chi connectivity index (χ3v) is 7.41. The van der Waals surface area contributed by atoms with Gasteiger partial charge in [0.25, 0.3) is 0 Å². The second kappa shape index (κ2) is 7.25. The summed E-state index contributed by atoms with van der Waals surface area (Å²) >= 11 is 7.26. The second-order valence-electron chi connectivity index (χ2n) is 5.33. The molecule has 0 spiro atoms. The Morgan fingerprint density at radius 2 is 2.20 bits per heavy atom. The van der Waals surface area contributed by atoms with E-state index in [0.717, 1.165) is 24.1 Å². The molecule has 20 heavy (non-hydrogen) atoms. The van der Waals surface area contributed by atoms with Crippen LogP contribution >= 0.6 is 22.9 Å². The molecule has 1 aliphatic rings. The Morgan fingerprint density at radius 1 is 1.40 bits per heavy atom. The van der Waals surface area contributed by atoms with Crippen LogP contribution in [0.4, 0.5) is 0 Å². The van der Waals surface area contributed by atoms with Crippen molar-refractivity contribution >= 4 is 33.0 Å². The summed E-state index contributed by atoms with van der Waals surface area (Å²) in [6.45, 7) is 3.47. The van der Waals surface area contributed by atoms with Crippen LogP contribution in [0.25, 0.3) is 0 Å². The minimum absolute atomic E-state index is 0.262. The molecule has 1 atom stereocenters. The first kappa shape index (κ1) is 16.3. The molecule has 1 aromatic heterocycles. The quantitative estimate of drug-likeness (QED) is 0.760. The lowest BCUT2D eigenvalue weighted by Gasteiger charge is -2.20. The van der Waals surface area contributed by atoms with Crippen molar-refractivity contribution in [3.05, 3.63) is 16.3 Å². The van der Waals surface area contributed by atoms with Crippen LogP contribution in [0.2, 0.25) is 0 Å². The summed E-state index contributed by atoms with van der Waals surface area (Å²) in [7, 11) is -3.36. The van der Waals surface area contributed by atoms with E-state index in [-0.39, 0.29) is 5.88 Å². The number of hydrogen-bond acceptors (Lipinski definition) is 3. The molecule has 3 nitrogen and oxygen atoms in total. The van der Waals surface area contributed by atoms with Gasteiger partial charge < -0.3 is 0 Å². The normalized spacial score (nSPS) is 21.8. The minimum Gasteiger partial charge on any atom is -0.207 e. The number of sulfonamides is 1. The van der Waals surface area contributed by atoms with E-state index >= 15 is 0 Å². The van der Waals surface area contributed by atoms with Crippen molar-refractivity contribution in [2.75, 3.05) is 13.1 Å². The molecule has 2 heterocycles. The molecule has 1 aromatic rings. The first-order chi connectivity index (χ1) is 9.59. The van der Waals surface area contributed by atoms with Crippen molar-refractivity contribution in [1.29, 1.82) is 0 Å². The van der Waals surface area contributed by atoms with E-state index in [0.29, 0.717) is 23.9 Å². The molecule has 1 unspecified atom stereocenters. The highest BCUT2D eigenvalue weighted by Gasteiger charge is 2.29. The summed E-state index contributed by atoms with van der Waals surface area (Å²) in [5.74, 6) is 0.939. The topological polar surface area (TPSA) is 37.4 Å². The van der Waals surface area contributed by atoms with Crippen LogP contribution in [-0.2, 0) is 15.9 Å². The molecule has 2 rings (SSSR count). The molecule has 0 bridgehead atoms. The molecule has 0 aromatic carbocycles. The van der Waals surface area contributed by atoms with Gasteiger partial charge in [0.15, 0.2) is 0 Å². The maximum absolute atomic E-state index is 12.7. The van der Waals surface area contributed by atoms with Crippen LogP contribution in [0.1, 0.15) is 43.9 Å². The molecular weight excluding hydrogens is 314 g/mol. The predicted octanol–water partition coefficient (Wildman–Crippen LogP) is 4.08. The lowest BCUT2D eigenvalue weighted by molar-refractivity contribution is 0.400. The van der Waals surface area contributed by atoms with Gasteiger partial charge in [-0.3, -0.25) is 0 Å². The first-order valence-electron chi connectivity index (χ1n) is 7.22. The van der Waals surface area contributed by atoms with E-state index in [1.165, 1.54) is 24.2 Å². The number of thiophene rings is 1. The zero-order chi connectivity index (χ0) is 14.6. The molecule has 1 fully saturated rings. The first-order valence-corrected chi connectivity index (χ1v) is 10.1. The third-order valence-electron chi connectivity index (χ3n) is 3.95. The summed E-state index contributed by atoms with van der Waals surface area (Å²) in [6, 6.07) is 1.69. The lowest BCUT2D eigenvalue weighted by Crippen LogP contribution is -2.32. The van der Waals surface area contributed by atoms with E-state index in [2.05, 4.69) is 6.92 Å². The predicted molar refractivity (Wildman–Crippen MR) is 84.9 cm³/mol. The maximum Gasteiger partial charge on any atom is 0.244 e.